The monoisotopic (exact) mass is 171 g/mol. The van der Waals surface area contributed by atoms with Gasteiger partial charge in [-0.05, 0) is 13.3 Å². The minimum Gasteiger partial charge on any atom is -0.377 e. The molecule has 1 saturated heterocycles. The molecule has 0 N–H and O–H groups in total. The van der Waals surface area contributed by atoms with Crippen molar-refractivity contribution in [2.45, 2.75) is 39.2 Å². The van der Waals surface area contributed by atoms with Crippen LogP contribution in [0.3, 0.4) is 0 Å². The van der Waals surface area contributed by atoms with Crippen molar-refractivity contribution in [3.8, 4) is 0 Å². The molecule has 0 aliphatic carbocycles. The smallest absolute Gasteiger partial charge is 0.0701 e. The quantitative estimate of drug-likeness (QED) is 0.542. The van der Waals surface area contributed by atoms with Crippen molar-refractivity contribution < 1.29 is 4.74 Å². The fourth-order valence-electron chi connectivity index (χ4n) is 1.44. The highest BCUT2D eigenvalue weighted by molar-refractivity contribution is 4.76. The van der Waals surface area contributed by atoms with Gasteiger partial charge >= 0.3 is 0 Å². The molecule has 12 heavy (non-hydrogen) atoms. The first kappa shape index (κ1) is 10.0. The third kappa shape index (κ3) is 4.07. The summed E-state index contributed by atoms with van der Waals surface area (Å²) in [7, 11) is 0. The Kier molecular flexibility index (Phi) is 4.62. The molecule has 1 heterocycles. The second-order valence-electron chi connectivity index (χ2n) is 3.52. The van der Waals surface area contributed by atoms with Gasteiger partial charge in [-0.3, -0.25) is 4.90 Å². The van der Waals surface area contributed by atoms with E-state index < -0.39 is 0 Å². The van der Waals surface area contributed by atoms with Crippen LogP contribution in [0.1, 0.15) is 33.1 Å². The van der Waals surface area contributed by atoms with Crippen molar-refractivity contribution in [2.75, 3.05) is 26.2 Å². The van der Waals surface area contributed by atoms with Gasteiger partial charge in [0.15, 0.2) is 0 Å². The molecule has 0 bridgehead atoms. The summed E-state index contributed by atoms with van der Waals surface area (Å²) in [6.07, 6.45) is 4.32. The Hall–Kier alpha value is -0.0800. The van der Waals surface area contributed by atoms with Crippen LogP contribution in [0.4, 0.5) is 0 Å². The normalized spacial score (nSPS) is 19.5. The lowest BCUT2D eigenvalue weighted by Crippen LogP contribution is -2.22. The lowest BCUT2D eigenvalue weighted by Gasteiger charge is -2.16. The average molecular weight is 171 g/mol. The molecule has 1 unspecified atom stereocenters. The van der Waals surface area contributed by atoms with Crippen LogP contribution in [0, 0.1) is 0 Å². The maximum atomic E-state index is 5.65. The maximum absolute atomic E-state index is 5.65. The Bertz CT molecular complexity index is 112. The molecule has 72 valence electrons. The van der Waals surface area contributed by atoms with Crippen molar-refractivity contribution in [3.05, 3.63) is 0 Å². The third-order valence-electron chi connectivity index (χ3n) is 2.28. The second kappa shape index (κ2) is 5.55. The van der Waals surface area contributed by atoms with Gasteiger partial charge in [0.25, 0.3) is 0 Å². The van der Waals surface area contributed by atoms with Crippen LogP contribution >= 0.6 is 0 Å². The number of nitrogens with zero attached hydrogens (tertiary/aromatic N) is 1. The number of unbranched alkanes of at least 4 members (excludes halogenated alkanes) is 1. The van der Waals surface area contributed by atoms with Crippen molar-refractivity contribution in [2.24, 2.45) is 0 Å². The summed E-state index contributed by atoms with van der Waals surface area (Å²) < 4.78 is 5.65. The SMILES string of the molecule is CCCCC(CN1CC1)OCC. The summed E-state index contributed by atoms with van der Waals surface area (Å²) >= 11 is 0. The maximum Gasteiger partial charge on any atom is 0.0701 e. The molecule has 1 atom stereocenters. The van der Waals surface area contributed by atoms with Gasteiger partial charge in [0.2, 0.25) is 0 Å². The van der Waals surface area contributed by atoms with Gasteiger partial charge in [0.05, 0.1) is 6.10 Å². The van der Waals surface area contributed by atoms with E-state index in [9.17, 15) is 0 Å². The van der Waals surface area contributed by atoms with Crippen molar-refractivity contribution in [1.82, 2.24) is 4.90 Å². The zero-order valence-corrected chi connectivity index (χ0v) is 8.38. The first-order valence-corrected chi connectivity index (χ1v) is 5.20. The molecule has 0 aromatic rings. The van der Waals surface area contributed by atoms with Gasteiger partial charge in [0, 0.05) is 26.2 Å². The van der Waals surface area contributed by atoms with E-state index in [0.717, 1.165) is 13.2 Å². The van der Waals surface area contributed by atoms with E-state index in [-0.39, 0.29) is 0 Å². The molecule has 0 aromatic heterocycles. The van der Waals surface area contributed by atoms with Crippen LogP contribution in [-0.4, -0.2) is 37.2 Å². The van der Waals surface area contributed by atoms with Gasteiger partial charge < -0.3 is 4.74 Å². The molecule has 2 heteroatoms. The van der Waals surface area contributed by atoms with E-state index in [1.165, 1.54) is 32.4 Å². The highest BCUT2D eigenvalue weighted by Crippen LogP contribution is 2.11. The first-order valence-electron chi connectivity index (χ1n) is 5.20. The van der Waals surface area contributed by atoms with E-state index in [1.54, 1.807) is 0 Å². The summed E-state index contributed by atoms with van der Waals surface area (Å²) in [6, 6.07) is 0. The Morgan fingerprint density at radius 2 is 2.08 bits per heavy atom. The van der Waals surface area contributed by atoms with Crippen molar-refractivity contribution in [1.29, 1.82) is 0 Å². The highest BCUT2D eigenvalue weighted by atomic mass is 16.5. The van der Waals surface area contributed by atoms with Crippen LogP contribution < -0.4 is 0 Å². The lowest BCUT2D eigenvalue weighted by molar-refractivity contribution is 0.0456. The average Bonchev–Trinajstić information content (AvgIpc) is 2.84. The molecule has 0 radical (unpaired) electrons. The Morgan fingerprint density at radius 3 is 2.58 bits per heavy atom. The first-order chi connectivity index (χ1) is 5.86. The number of hydrogen-bond acceptors (Lipinski definition) is 2. The molecule has 2 nitrogen and oxygen atoms in total. The van der Waals surface area contributed by atoms with E-state index in [0.29, 0.717) is 6.10 Å². The zero-order valence-electron chi connectivity index (χ0n) is 8.38. The van der Waals surface area contributed by atoms with Gasteiger partial charge in [-0.1, -0.05) is 19.8 Å². The molecule has 0 aromatic carbocycles. The number of ether oxygens (including phenoxy) is 1. The van der Waals surface area contributed by atoms with E-state index in [2.05, 4.69) is 18.7 Å². The predicted octanol–water partition coefficient (Wildman–Crippen LogP) is 1.90. The van der Waals surface area contributed by atoms with E-state index >= 15 is 0 Å². The minimum absolute atomic E-state index is 0.498. The molecular formula is C10H21NO. The predicted molar refractivity (Wildman–Crippen MR) is 51.4 cm³/mol. The summed E-state index contributed by atoms with van der Waals surface area (Å²) in [5, 5.41) is 0. The van der Waals surface area contributed by atoms with Gasteiger partial charge in [-0.15, -0.1) is 0 Å². The Balaban J connectivity index is 2.07. The topological polar surface area (TPSA) is 12.2 Å². The Labute approximate surface area is 75.9 Å². The fraction of sp³-hybridized carbons (Fsp3) is 1.00. The van der Waals surface area contributed by atoms with Gasteiger partial charge in [-0.25, -0.2) is 0 Å². The van der Waals surface area contributed by atoms with E-state index in [4.69, 9.17) is 4.74 Å². The molecule has 1 aliphatic rings. The van der Waals surface area contributed by atoms with Gasteiger partial charge in [0.1, 0.15) is 0 Å². The van der Waals surface area contributed by atoms with Crippen LogP contribution in [0.5, 0.6) is 0 Å². The summed E-state index contributed by atoms with van der Waals surface area (Å²) in [5.74, 6) is 0. The van der Waals surface area contributed by atoms with Crippen molar-refractivity contribution >= 4 is 0 Å². The number of rotatable bonds is 7. The molecule has 1 aliphatic heterocycles. The Morgan fingerprint density at radius 1 is 1.33 bits per heavy atom. The summed E-state index contributed by atoms with van der Waals surface area (Å²) in [4.78, 5) is 2.44. The molecule has 1 rings (SSSR count). The molecule has 0 amide bonds. The summed E-state index contributed by atoms with van der Waals surface area (Å²) in [5.41, 5.74) is 0. The molecule has 0 spiro atoms. The zero-order chi connectivity index (χ0) is 8.81. The third-order valence-corrected chi connectivity index (χ3v) is 2.28. The molecule has 1 fully saturated rings. The second-order valence-corrected chi connectivity index (χ2v) is 3.52. The van der Waals surface area contributed by atoms with Crippen molar-refractivity contribution in [3.63, 3.8) is 0 Å². The van der Waals surface area contributed by atoms with Crippen LogP contribution in [0.15, 0.2) is 0 Å². The van der Waals surface area contributed by atoms with Crippen LogP contribution in [0.2, 0.25) is 0 Å². The van der Waals surface area contributed by atoms with Crippen LogP contribution in [0.25, 0.3) is 0 Å². The number of hydrogen-bond donors (Lipinski definition) is 0. The fourth-order valence-corrected chi connectivity index (χ4v) is 1.44. The summed E-state index contributed by atoms with van der Waals surface area (Å²) in [6.45, 7) is 8.92. The largest absolute Gasteiger partial charge is 0.377 e. The standard InChI is InChI=1S/C10H21NO/c1-3-5-6-10(12-4-2)9-11-7-8-11/h10H,3-9H2,1-2H3. The molecular weight excluding hydrogens is 150 g/mol. The minimum atomic E-state index is 0.498. The molecule has 0 saturated carbocycles. The lowest BCUT2D eigenvalue weighted by atomic mass is 10.1. The highest BCUT2D eigenvalue weighted by Gasteiger charge is 2.21. The van der Waals surface area contributed by atoms with E-state index in [1.807, 2.05) is 0 Å². The van der Waals surface area contributed by atoms with Crippen LogP contribution in [-0.2, 0) is 4.74 Å². The van der Waals surface area contributed by atoms with Gasteiger partial charge in [-0.2, -0.15) is 0 Å².